The van der Waals surface area contributed by atoms with Gasteiger partial charge in [-0.05, 0) is 45.7 Å². The Morgan fingerprint density at radius 3 is 2.50 bits per heavy atom. The Kier molecular flexibility index (Phi) is 5.51. The first-order chi connectivity index (χ1) is 9.30. The lowest BCUT2D eigenvalue weighted by atomic mass is 10.1. The van der Waals surface area contributed by atoms with E-state index in [-0.39, 0.29) is 17.8 Å². The van der Waals surface area contributed by atoms with E-state index in [4.69, 9.17) is 10.5 Å². The zero-order valence-corrected chi connectivity index (χ0v) is 12.7. The summed E-state index contributed by atoms with van der Waals surface area (Å²) in [6.07, 6.45) is 2.79. The summed E-state index contributed by atoms with van der Waals surface area (Å²) >= 11 is 0. The van der Waals surface area contributed by atoms with Gasteiger partial charge in [0.15, 0.2) is 0 Å². The summed E-state index contributed by atoms with van der Waals surface area (Å²) < 4.78 is 6.67. The molecule has 0 aliphatic heterocycles. The highest BCUT2D eigenvalue weighted by molar-refractivity contribution is 5.89. The summed E-state index contributed by atoms with van der Waals surface area (Å²) in [5.41, 5.74) is 5.51. The van der Waals surface area contributed by atoms with E-state index in [1.165, 1.54) is 10.6 Å². The molecule has 0 bridgehead atoms. The lowest BCUT2D eigenvalue weighted by Crippen LogP contribution is -2.34. The van der Waals surface area contributed by atoms with Gasteiger partial charge >= 0.3 is 5.97 Å². The third kappa shape index (κ3) is 4.20. The maximum absolute atomic E-state index is 12.3. The molecule has 0 aliphatic rings. The SMILES string of the molecule is CCCCc1ccc(C(=O)OC(C)(C)C)c(=O)n1CN. The number of carbonyl (C=O) groups excluding carboxylic acids is 1. The molecule has 1 aromatic heterocycles. The van der Waals surface area contributed by atoms with Gasteiger partial charge in [0.2, 0.25) is 0 Å². The molecular weight excluding hydrogens is 256 g/mol. The van der Waals surface area contributed by atoms with Gasteiger partial charge in [-0.3, -0.25) is 9.36 Å². The number of nitrogens with zero attached hydrogens (tertiary/aromatic N) is 1. The zero-order chi connectivity index (χ0) is 15.3. The van der Waals surface area contributed by atoms with Gasteiger partial charge in [0, 0.05) is 5.69 Å². The Labute approximate surface area is 119 Å². The van der Waals surface area contributed by atoms with Crippen LogP contribution in [0.3, 0.4) is 0 Å². The molecule has 0 saturated heterocycles. The second kappa shape index (κ2) is 6.70. The smallest absolute Gasteiger partial charge is 0.344 e. The van der Waals surface area contributed by atoms with E-state index in [1.54, 1.807) is 26.8 Å². The molecule has 112 valence electrons. The summed E-state index contributed by atoms with van der Waals surface area (Å²) in [6, 6.07) is 3.32. The number of hydrogen-bond donors (Lipinski definition) is 1. The van der Waals surface area contributed by atoms with E-state index in [1.807, 2.05) is 0 Å². The van der Waals surface area contributed by atoms with Crippen molar-refractivity contribution in [3.05, 3.63) is 33.7 Å². The van der Waals surface area contributed by atoms with Crippen LogP contribution < -0.4 is 11.3 Å². The number of ether oxygens (including phenoxy) is 1. The molecule has 0 fully saturated rings. The largest absolute Gasteiger partial charge is 0.456 e. The molecule has 1 heterocycles. The third-order valence-corrected chi connectivity index (χ3v) is 2.85. The molecule has 0 atom stereocenters. The van der Waals surface area contributed by atoms with Gasteiger partial charge in [-0.15, -0.1) is 0 Å². The molecule has 1 aromatic rings. The van der Waals surface area contributed by atoms with Crippen LogP contribution in [0, 0.1) is 0 Å². The lowest BCUT2D eigenvalue weighted by Gasteiger charge is -2.20. The van der Waals surface area contributed by atoms with Crippen molar-refractivity contribution in [3.8, 4) is 0 Å². The van der Waals surface area contributed by atoms with Crippen molar-refractivity contribution in [2.45, 2.75) is 59.2 Å². The van der Waals surface area contributed by atoms with Crippen molar-refractivity contribution in [2.75, 3.05) is 0 Å². The quantitative estimate of drug-likeness (QED) is 0.838. The van der Waals surface area contributed by atoms with E-state index in [9.17, 15) is 9.59 Å². The maximum atomic E-state index is 12.3. The second-order valence-electron chi connectivity index (χ2n) is 5.76. The first-order valence-corrected chi connectivity index (χ1v) is 6.96. The number of unbranched alkanes of at least 4 members (excludes halogenated alkanes) is 1. The topological polar surface area (TPSA) is 74.3 Å². The summed E-state index contributed by atoms with van der Waals surface area (Å²) in [5.74, 6) is -0.605. The Morgan fingerprint density at radius 1 is 1.35 bits per heavy atom. The standard InChI is InChI=1S/C15H24N2O3/c1-5-6-7-11-8-9-12(13(18)17(11)10-16)14(19)20-15(2,3)4/h8-9H,5-7,10,16H2,1-4H3. The molecule has 5 nitrogen and oxygen atoms in total. The van der Waals surface area contributed by atoms with Crippen molar-refractivity contribution in [1.29, 1.82) is 0 Å². The highest BCUT2D eigenvalue weighted by atomic mass is 16.6. The minimum absolute atomic E-state index is 0.0330. The van der Waals surface area contributed by atoms with E-state index in [0.717, 1.165) is 25.0 Å². The van der Waals surface area contributed by atoms with Gasteiger partial charge in [0.25, 0.3) is 5.56 Å². The van der Waals surface area contributed by atoms with E-state index in [0.29, 0.717) is 0 Å². The van der Waals surface area contributed by atoms with E-state index >= 15 is 0 Å². The summed E-state index contributed by atoms with van der Waals surface area (Å²) in [7, 11) is 0. The minimum Gasteiger partial charge on any atom is -0.456 e. The number of carbonyl (C=O) groups is 1. The monoisotopic (exact) mass is 280 g/mol. The highest BCUT2D eigenvalue weighted by Crippen LogP contribution is 2.11. The number of hydrogen-bond acceptors (Lipinski definition) is 4. The van der Waals surface area contributed by atoms with E-state index < -0.39 is 11.6 Å². The fraction of sp³-hybridized carbons (Fsp3) is 0.600. The molecule has 0 unspecified atom stereocenters. The first kappa shape index (κ1) is 16.4. The van der Waals surface area contributed by atoms with Crippen molar-refractivity contribution in [1.82, 2.24) is 4.57 Å². The number of aromatic nitrogens is 1. The predicted molar refractivity (Wildman–Crippen MR) is 78.7 cm³/mol. The van der Waals surface area contributed by atoms with Gasteiger partial charge in [0.1, 0.15) is 11.2 Å². The molecule has 2 N–H and O–H groups in total. The lowest BCUT2D eigenvalue weighted by molar-refractivity contribution is 0.00668. The van der Waals surface area contributed by atoms with E-state index in [2.05, 4.69) is 6.92 Å². The normalized spacial score (nSPS) is 11.4. The zero-order valence-electron chi connectivity index (χ0n) is 12.7. The van der Waals surface area contributed by atoms with Gasteiger partial charge in [-0.2, -0.15) is 0 Å². The Balaban J connectivity index is 3.12. The minimum atomic E-state index is -0.627. The van der Waals surface area contributed by atoms with Crippen molar-refractivity contribution < 1.29 is 9.53 Å². The van der Waals surface area contributed by atoms with Crippen LogP contribution in [-0.4, -0.2) is 16.1 Å². The summed E-state index contributed by atoms with van der Waals surface area (Å²) in [6.45, 7) is 7.44. The van der Waals surface area contributed by atoms with Crippen molar-refractivity contribution in [3.63, 3.8) is 0 Å². The Morgan fingerprint density at radius 2 is 2.00 bits per heavy atom. The number of rotatable bonds is 5. The van der Waals surface area contributed by atoms with Crippen LogP contribution in [0.5, 0.6) is 0 Å². The molecular formula is C15H24N2O3. The van der Waals surface area contributed by atoms with Gasteiger partial charge < -0.3 is 10.5 Å². The third-order valence-electron chi connectivity index (χ3n) is 2.85. The Bertz CT molecular complexity index is 527. The van der Waals surface area contributed by atoms with Gasteiger partial charge in [-0.1, -0.05) is 13.3 Å². The predicted octanol–water partition coefficient (Wildman–Crippen LogP) is 2.06. The van der Waals surface area contributed by atoms with Crippen molar-refractivity contribution >= 4 is 5.97 Å². The fourth-order valence-electron chi connectivity index (χ4n) is 1.88. The average molecular weight is 280 g/mol. The number of pyridine rings is 1. The van der Waals surface area contributed by atoms with Crippen LogP contribution in [0.15, 0.2) is 16.9 Å². The number of aryl methyl sites for hydroxylation is 1. The average Bonchev–Trinajstić information content (AvgIpc) is 2.34. The van der Waals surface area contributed by atoms with Crippen LogP contribution in [0.4, 0.5) is 0 Å². The number of nitrogens with two attached hydrogens (primary N) is 1. The van der Waals surface area contributed by atoms with Gasteiger partial charge in [-0.25, -0.2) is 4.79 Å². The molecule has 1 rings (SSSR count). The van der Waals surface area contributed by atoms with Gasteiger partial charge in [0.05, 0.1) is 6.67 Å². The summed E-state index contributed by atoms with van der Waals surface area (Å²) in [5, 5.41) is 0. The highest BCUT2D eigenvalue weighted by Gasteiger charge is 2.21. The van der Waals surface area contributed by atoms with Crippen LogP contribution in [0.1, 0.15) is 56.6 Å². The Hall–Kier alpha value is -1.62. The molecule has 0 amide bonds. The maximum Gasteiger partial charge on any atom is 0.344 e. The van der Waals surface area contributed by atoms with Crippen LogP contribution in [0.25, 0.3) is 0 Å². The second-order valence-corrected chi connectivity index (χ2v) is 5.76. The molecule has 0 spiro atoms. The van der Waals surface area contributed by atoms with Crippen molar-refractivity contribution in [2.24, 2.45) is 5.73 Å². The molecule has 0 aromatic carbocycles. The molecule has 0 radical (unpaired) electrons. The van der Waals surface area contributed by atoms with Crippen LogP contribution in [-0.2, 0) is 17.8 Å². The summed E-state index contributed by atoms with van der Waals surface area (Å²) in [4.78, 5) is 24.3. The molecule has 20 heavy (non-hydrogen) atoms. The first-order valence-electron chi connectivity index (χ1n) is 6.96. The molecule has 5 heteroatoms. The van der Waals surface area contributed by atoms with Crippen LogP contribution >= 0.6 is 0 Å². The fourth-order valence-corrected chi connectivity index (χ4v) is 1.88. The molecule has 0 saturated carbocycles. The molecule has 0 aliphatic carbocycles. The van der Waals surface area contributed by atoms with Crippen LogP contribution in [0.2, 0.25) is 0 Å². The number of esters is 1.